The number of hydrogen-bond acceptors (Lipinski definition) is 4. The van der Waals surface area contributed by atoms with Gasteiger partial charge in [-0.15, -0.1) is 0 Å². The van der Waals surface area contributed by atoms with Crippen molar-refractivity contribution in [2.24, 2.45) is 11.8 Å². The zero-order valence-corrected chi connectivity index (χ0v) is 11.9. The van der Waals surface area contributed by atoms with Gasteiger partial charge in [0.05, 0.1) is 6.10 Å². The first-order valence-electron chi connectivity index (χ1n) is 6.23. The zero-order chi connectivity index (χ0) is 13.4. The maximum atomic E-state index is 12.0. The average molecular weight is 246 g/mol. The molecule has 4 nitrogen and oxygen atoms in total. The summed E-state index contributed by atoms with van der Waals surface area (Å²) in [6.45, 7) is 7.80. The van der Waals surface area contributed by atoms with Crippen LogP contribution in [-0.2, 0) is 19.0 Å². The van der Waals surface area contributed by atoms with Crippen molar-refractivity contribution in [1.29, 1.82) is 0 Å². The third kappa shape index (κ3) is 5.50. The number of esters is 1. The van der Waals surface area contributed by atoms with Gasteiger partial charge < -0.3 is 14.2 Å². The Bertz CT molecular complexity index is 211. The first-order chi connectivity index (χ1) is 7.97. The number of carbonyl (C=O) groups excluding carboxylic acids is 1. The van der Waals surface area contributed by atoms with Crippen LogP contribution in [-0.4, -0.2) is 32.6 Å². The summed E-state index contributed by atoms with van der Waals surface area (Å²) in [6.07, 6.45) is 1.31. The summed E-state index contributed by atoms with van der Waals surface area (Å²) in [4.78, 5) is 12.0. The molecule has 102 valence electrons. The van der Waals surface area contributed by atoms with Crippen molar-refractivity contribution in [3.05, 3.63) is 0 Å². The second-order valence-corrected chi connectivity index (χ2v) is 4.62. The van der Waals surface area contributed by atoms with Gasteiger partial charge in [-0.2, -0.15) is 0 Å². The lowest BCUT2D eigenvalue weighted by atomic mass is 9.89. The maximum Gasteiger partial charge on any atom is 0.314 e. The van der Waals surface area contributed by atoms with Crippen LogP contribution in [0.5, 0.6) is 0 Å². The van der Waals surface area contributed by atoms with E-state index in [-0.39, 0.29) is 23.9 Å². The summed E-state index contributed by atoms with van der Waals surface area (Å²) in [5, 5.41) is 0. The lowest BCUT2D eigenvalue weighted by molar-refractivity contribution is -0.186. The minimum absolute atomic E-state index is 0.117. The molecule has 0 aliphatic rings. The summed E-state index contributed by atoms with van der Waals surface area (Å²) in [5.74, 6) is -0.432. The molecule has 2 atom stereocenters. The molecule has 0 N–H and O–H groups in total. The van der Waals surface area contributed by atoms with E-state index in [9.17, 15) is 4.79 Å². The third-order valence-corrected chi connectivity index (χ3v) is 2.74. The Hall–Kier alpha value is -0.610. The molecule has 0 fully saturated rings. The predicted octanol–water partition coefficient (Wildman–Crippen LogP) is 2.61. The second-order valence-electron chi connectivity index (χ2n) is 4.62. The molecule has 0 saturated heterocycles. The van der Waals surface area contributed by atoms with E-state index in [1.165, 1.54) is 0 Å². The fourth-order valence-electron chi connectivity index (χ4n) is 1.95. The van der Waals surface area contributed by atoms with Gasteiger partial charge in [-0.05, 0) is 26.2 Å². The smallest absolute Gasteiger partial charge is 0.314 e. The van der Waals surface area contributed by atoms with E-state index < -0.39 is 6.29 Å². The van der Waals surface area contributed by atoms with E-state index in [1.807, 2.05) is 20.8 Å². The van der Waals surface area contributed by atoms with E-state index in [2.05, 4.69) is 6.92 Å². The molecule has 0 saturated carbocycles. The fraction of sp³-hybridized carbons (Fsp3) is 0.923. The standard InChI is InChI=1S/C13H26O4/c1-7-8-10(4)11(13(15-5)16-6)12(14)17-9(2)3/h9-11,13H,7-8H2,1-6H3. The number of methoxy groups -OCH3 is 2. The van der Waals surface area contributed by atoms with Gasteiger partial charge in [0, 0.05) is 14.2 Å². The fourth-order valence-corrected chi connectivity index (χ4v) is 1.95. The lowest BCUT2D eigenvalue weighted by Crippen LogP contribution is -2.38. The molecule has 0 aliphatic carbocycles. The minimum Gasteiger partial charge on any atom is -0.463 e. The van der Waals surface area contributed by atoms with Crippen LogP contribution in [0.4, 0.5) is 0 Å². The Labute approximate surface area is 105 Å². The highest BCUT2D eigenvalue weighted by Crippen LogP contribution is 2.25. The van der Waals surface area contributed by atoms with Crippen molar-refractivity contribution in [2.45, 2.75) is 52.9 Å². The van der Waals surface area contributed by atoms with Gasteiger partial charge in [0.1, 0.15) is 5.92 Å². The van der Waals surface area contributed by atoms with Gasteiger partial charge in [0.25, 0.3) is 0 Å². The lowest BCUT2D eigenvalue weighted by Gasteiger charge is -2.28. The first kappa shape index (κ1) is 16.4. The van der Waals surface area contributed by atoms with Crippen LogP contribution in [0.15, 0.2) is 0 Å². The second kappa shape index (κ2) is 8.48. The molecule has 0 rings (SSSR count). The van der Waals surface area contributed by atoms with Crippen LogP contribution in [0.25, 0.3) is 0 Å². The van der Waals surface area contributed by atoms with Gasteiger partial charge in [-0.3, -0.25) is 4.79 Å². The first-order valence-corrected chi connectivity index (χ1v) is 6.23. The van der Waals surface area contributed by atoms with Gasteiger partial charge in [0.15, 0.2) is 6.29 Å². The molecule has 0 aromatic heterocycles. The molecular weight excluding hydrogens is 220 g/mol. The van der Waals surface area contributed by atoms with Crippen molar-refractivity contribution >= 4 is 5.97 Å². The molecule has 0 spiro atoms. The minimum atomic E-state index is -0.539. The average Bonchev–Trinajstić information content (AvgIpc) is 2.24. The summed E-state index contributed by atoms with van der Waals surface area (Å²) in [6, 6.07) is 0. The highest BCUT2D eigenvalue weighted by Gasteiger charge is 2.35. The number of ether oxygens (including phenoxy) is 3. The highest BCUT2D eigenvalue weighted by molar-refractivity contribution is 5.73. The van der Waals surface area contributed by atoms with Crippen LogP contribution >= 0.6 is 0 Å². The quantitative estimate of drug-likeness (QED) is 0.488. The van der Waals surface area contributed by atoms with E-state index in [1.54, 1.807) is 14.2 Å². The molecule has 0 heterocycles. The molecule has 4 heteroatoms. The predicted molar refractivity (Wildman–Crippen MR) is 66.6 cm³/mol. The summed E-state index contributed by atoms with van der Waals surface area (Å²) < 4.78 is 15.7. The molecule has 0 amide bonds. The SMILES string of the molecule is CCCC(C)C(C(=O)OC(C)C)C(OC)OC. The Morgan fingerprint density at radius 1 is 1.12 bits per heavy atom. The van der Waals surface area contributed by atoms with E-state index in [0.717, 1.165) is 12.8 Å². The number of rotatable bonds is 8. The Balaban J connectivity index is 4.75. The van der Waals surface area contributed by atoms with Crippen molar-refractivity contribution in [2.75, 3.05) is 14.2 Å². The van der Waals surface area contributed by atoms with Crippen LogP contribution in [0.3, 0.4) is 0 Å². The number of carbonyl (C=O) groups is 1. The molecule has 0 bridgehead atoms. The summed E-state index contributed by atoms with van der Waals surface area (Å²) >= 11 is 0. The summed E-state index contributed by atoms with van der Waals surface area (Å²) in [5.41, 5.74) is 0. The van der Waals surface area contributed by atoms with Crippen molar-refractivity contribution in [1.82, 2.24) is 0 Å². The molecule has 2 unspecified atom stereocenters. The third-order valence-electron chi connectivity index (χ3n) is 2.74. The highest BCUT2D eigenvalue weighted by atomic mass is 16.7. The van der Waals surface area contributed by atoms with Gasteiger partial charge >= 0.3 is 5.97 Å². The van der Waals surface area contributed by atoms with Gasteiger partial charge in [-0.25, -0.2) is 0 Å². The van der Waals surface area contributed by atoms with Crippen LogP contribution < -0.4 is 0 Å². The Morgan fingerprint density at radius 2 is 1.65 bits per heavy atom. The molecule has 17 heavy (non-hydrogen) atoms. The van der Waals surface area contributed by atoms with E-state index >= 15 is 0 Å². The van der Waals surface area contributed by atoms with Crippen molar-refractivity contribution in [3.63, 3.8) is 0 Å². The van der Waals surface area contributed by atoms with Crippen molar-refractivity contribution < 1.29 is 19.0 Å². The molecule has 0 radical (unpaired) electrons. The Morgan fingerprint density at radius 3 is 2.00 bits per heavy atom. The van der Waals surface area contributed by atoms with Crippen LogP contribution in [0, 0.1) is 11.8 Å². The van der Waals surface area contributed by atoms with Crippen molar-refractivity contribution in [3.8, 4) is 0 Å². The Kier molecular flexibility index (Phi) is 8.17. The molecule has 0 aromatic carbocycles. The molecule has 0 aromatic rings. The van der Waals surface area contributed by atoms with E-state index in [4.69, 9.17) is 14.2 Å². The van der Waals surface area contributed by atoms with Gasteiger partial charge in [0.2, 0.25) is 0 Å². The number of hydrogen-bond donors (Lipinski definition) is 0. The molecule has 0 aliphatic heterocycles. The monoisotopic (exact) mass is 246 g/mol. The van der Waals surface area contributed by atoms with Crippen LogP contribution in [0.1, 0.15) is 40.5 Å². The van der Waals surface area contributed by atoms with Crippen LogP contribution in [0.2, 0.25) is 0 Å². The topological polar surface area (TPSA) is 44.8 Å². The van der Waals surface area contributed by atoms with E-state index in [0.29, 0.717) is 0 Å². The zero-order valence-electron chi connectivity index (χ0n) is 11.9. The van der Waals surface area contributed by atoms with Gasteiger partial charge in [-0.1, -0.05) is 20.3 Å². The summed E-state index contributed by atoms with van der Waals surface area (Å²) in [7, 11) is 3.09. The normalized spacial score (nSPS) is 15.1. The molecular formula is C13H26O4. The maximum absolute atomic E-state index is 12.0. The largest absolute Gasteiger partial charge is 0.463 e.